The number of rotatable bonds is 9. The van der Waals surface area contributed by atoms with Crippen molar-refractivity contribution >= 4 is 0 Å². The van der Waals surface area contributed by atoms with Gasteiger partial charge in [-0.3, -0.25) is 0 Å². The molecule has 0 aliphatic rings. The Labute approximate surface area is 83.9 Å². The van der Waals surface area contributed by atoms with E-state index in [1.807, 2.05) is 0 Å². The van der Waals surface area contributed by atoms with Crippen molar-refractivity contribution in [2.24, 2.45) is 5.92 Å². The largest absolute Gasteiger partial charge is 0.381 e. The summed E-state index contributed by atoms with van der Waals surface area (Å²) in [7, 11) is 0. The molecule has 0 aromatic heterocycles. The lowest BCUT2D eigenvalue weighted by atomic mass is 10.1. The molecule has 0 aliphatic heterocycles. The Bertz CT molecular complexity index is 91.1. The summed E-state index contributed by atoms with van der Waals surface area (Å²) in [5, 5.41) is 0. The first-order valence-corrected chi connectivity index (χ1v) is 5.89. The Hall–Kier alpha value is -0.0400. The van der Waals surface area contributed by atoms with E-state index in [2.05, 4.69) is 20.8 Å². The van der Waals surface area contributed by atoms with Crippen LogP contribution in [0.4, 0.5) is 0 Å². The molecular weight excluding hydrogens is 160 g/mol. The summed E-state index contributed by atoms with van der Waals surface area (Å²) < 4.78 is 5.59. The number of hydrogen-bond donors (Lipinski definition) is 0. The van der Waals surface area contributed by atoms with Crippen LogP contribution < -0.4 is 0 Å². The summed E-state index contributed by atoms with van der Waals surface area (Å²) in [6, 6.07) is 0. The zero-order valence-electron chi connectivity index (χ0n) is 9.64. The molecule has 0 bridgehead atoms. The van der Waals surface area contributed by atoms with Crippen molar-refractivity contribution < 1.29 is 4.74 Å². The third kappa shape index (κ3) is 9.88. The minimum atomic E-state index is 0.751. The summed E-state index contributed by atoms with van der Waals surface area (Å²) in [5.41, 5.74) is 0. The summed E-state index contributed by atoms with van der Waals surface area (Å²) in [6.07, 6.45) is 7.80. The van der Waals surface area contributed by atoms with Gasteiger partial charge in [0.05, 0.1) is 0 Å². The van der Waals surface area contributed by atoms with Gasteiger partial charge in [0.15, 0.2) is 0 Å². The van der Waals surface area contributed by atoms with Crippen molar-refractivity contribution in [3.8, 4) is 0 Å². The molecule has 0 fully saturated rings. The maximum Gasteiger partial charge on any atom is 0.0491 e. The number of hydrogen-bond acceptors (Lipinski definition) is 1. The minimum Gasteiger partial charge on any atom is -0.381 e. The molecule has 0 aliphatic carbocycles. The molecular formula is C12H26O. The van der Waals surface area contributed by atoms with Crippen molar-refractivity contribution in [3.63, 3.8) is 0 Å². The number of ether oxygens (including phenoxy) is 1. The van der Waals surface area contributed by atoms with Crippen LogP contribution >= 0.6 is 0 Å². The lowest BCUT2D eigenvalue weighted by molar-refractivity contribution is 0.0981. The van der Waals surface area contributed by atoms with Gasteiger partial charge in [-0.25, -0.2) is 0 Å². The van der Waals surface area contributed by atoms with E-state index in [0.717, 1.165) is 19.1 Å². The fourth-order valence-electron chi connectivity index (χ4n) is 1.37. The Morgan fingerprint density at radius 3 is 2.31 bits per heavy atom. The molecule has 0 spiro atoms. The van der Waals surface area contributed by atoms with E-state index in [0.29, 0.717) is 0 Å². The van der Waals surface area contributed by atoms with Crippen LogP contribution in [0, 0.1) is 5.92 Å². The Kier molecular flexibility index (Phi) is 10.0. The fraction of sp³-hybridized carbons (Fsp3) is 1.00. The Balaban J connectivity index is 3.03. The Morgan fingerprint density at radius 1 is 1.00 bits per heavy atom. The van der Waals surface area contributed by atoms with E-state index >= 15 is 0 Å². The van der Waals surface area contributed by atoms with Crippen LogP contribution in [0.1, 0.15) is 59.3 Å². The van der Waals surface area contributed by atoms with Crippen molar-refractivity contribution in [2.75, 3.05) is 13.2 Å². The maximum atomic E-state index is 5.59. The van der Waals surface area contributed by atoms with Crippen molar-refractivity contribution in [2.45, 2.75) is 59.3 Å². The van der Waals surface area contributed by atoms with Gasteiger partial charge in [0.2, 0.25) is 0 Å². The second-order valence-corrected chi connectivity index (χ2v) is 4.03. The standard InChI is InChI=1S/C12H26O/c1-4-6-8-10-13-11-12(3)9-7-5-2/h12H,4-11H2,1-3H3. The molecule has 1 unspecified atom stereocenters. The van der Waals surface area contributed by atoms with Crippen LogP contribution in [0.3, 0.4) is 0 Å². The van der Waals surface area contributed by atoms with Crippen molar-refractivity contribution in [3.05, 3.63) is 0 Å². The molecule has 0 aromatic carbocycles. The normalized spacial score (nSPS) is 13.2. The average molecular weight is 186 g/mol. The summed E-state index contributed by atoms with van der Waals surface area (Å²) in [6.45, 7) is 8.68. The summed E-state index contributed by atoms with van der Waals surface area (Å²) >= 11 is 0. The predicted molar refractivity (Wildman–Crippen MR) is 59.0 cm³/mol. The predicted octanol–water partition coefficient (Wildman–Crippen LogP) is 4.02. The van der Waals surface area contributed by atoms with Crippen LogP contribution in [0.25, 0.3) is 0 Å². The highest BCUT2D eigenvalue weighted by Gasteiger charge is 2.00. The van der Waals surface area contributed by atoms with Gasteiger partial charge in [0, 0.05) is 13.2 Å². The Morgan fingerprint density at radius 2 is 1.69 bits per heavy atom. The molecule has 1 heteroatoms. The molecule has 80 valence electrons. The van der Waals surface area contributed by atoms with Gasteiger partial charge in [0.1, 0.15) is 0 Å². The van der Waals surface area contributed by atoms with Crippen LogP contribution in [-0.4, -0.2) is 13.2 Å². The second kappa shape index (κ2) is 10.0. The average Bonchev–Trinajstić information content (AvgIpc) is 2.14. The highest BCUT2D eigenvalue weighted by atomic mass is 16.5. The third-order valence-electron chi connectivity index (χ3n) is 2.35. The van der Waals surface area contributed by atoms with Crippen LogP contribution in [0.5, 0.6) is 0 Å². The van der Waals surface area contributed by atoms with E-state index in [9.17, 15) is 0 Å². The molecule has 0 radical (unpaired) electrons. The van der Waals surface area contributed by atoms with Gasteiger partial charge in [-0.1, -0.05) is 46.5 Å². The van der Waals surface area contributed by atoms with Crippen molar-refractivity contribution in [1.82, 2.24) is 0 Å². The first-order chi connectivity index (χ1) is 6.31. The molecule has 0 amide bonds. The SMILES string of the molecule is CCCCCOCC(C)CCCC. The zero-order chi connectivity index (χ0) is 9.94. The topological polar surface area (TPSA) is 9.23 Å². The first-order valence-electron chi connectivity index (χ1n) is 5.89. The van der Waals surface area contributed by atoms with E-state index in [-0.39, 0.29) is 0 Å². The summed E-state index contributed by atoms with van der Waals surface area (Å²) in [4.78, 5) is 0. The molecule has 0 saturated heterocycles. The summed E-state index contributed by atoms with van der Waals surface area (Å²) in [5.74, 6) is 0.751. The second-order valence-electron chi connectivity index (χ2n) is 4.03. The zero-order valence-corrected chi connectivity index (χ0v) is 9.64. The van der Waals surface area contributed by atoms with Crippen LogP contribution in [0.15, 0.2) is 0 Å². The molecule has 13 heavy (non-hydrogen) atoms. The van der Waals surface area contributed by atoms with Gasteiger partial charge in [-0.15, -0.1) is 0 Å². The first kappa shape index (κ1) is 13.0. The van der Waals surface area contributed by atoms with Gasteiger partial charge in [-0.2, -0.15) is 0 Å². The molecule has 0 N–H and O–H groups in total. The van der Waals surface area contributed by atoms with E-state index in [1.165, 1.54) is 38.5 Å². The minimum absolute atomic E-state index is 0.751. The smallest absolute Gasteiger partial charge is 0.0491 e. The molecule has 0 saturated carbocycles. The molecule has 0 rings (SSSR count). The van der Waals surface area contributed by atoms with Gasteiger partial charge >= 0.3 is 0 Å². The molecule has 1 nitrogen and oxygen atoms in total. The molecule has 0 aromatic rings. The van der Waals surface area contributed by atoms with E-state index < -0.39 is 0 Å². The highest BCUT2D eigenvalue weighted by molar-refractivity contribution is 4.50. The highest BCUT2D eigenvalue weighted by Crippen LogP contribution is 2.08. The number of unbranched alkanes of at least 4 members (excludes halogenated alkanes) is 3. The van der Waals surface area contributed by atoms with Crippen LogP contribution in [0.2, 0.25) is 0 Å². The lowest BCUT2D eigenvalue weighted by Gasteiger charge is -2.10. The van der Waals surface area contributed by atoms with Gasteiger partial charge in [-0.05, 0) is 18.8 Å². The van der Waals surface area contributed by atoms with Crippen molar-refractivity contribution in [1.29, 1.82) is 0 Å². The quantitative estimate of drug-likeness (QED) is 0.494. The molecule has 1 atom stereocenters. The van der Waals surface area contributed by atoms with E-state index in [1.54, 1.807) is 0 Å². The fourth-order valence-corrected chi connectivity index (χ4v) is 1.37. The third-order valence-corrected chi connectivity index (χ3v) is 2.35. The molecule has 0 heterocycles. The van der Waals surface area contributed by atoms with Crippen LogP contribution in [-0.2, 0) is 4.74 Å². The maximum absolute atomic E-state index is 5.59. The monoisotopic (exact) mass is 186 g/mol. The van der Waals surface area contributed by atoms with E-state index in [4.69, 9.17) is 4.74 Å². The lowest BCUT2D eigenvalue weighted by Crippen LogP contribution is -2.06. The van der Waals surface area contributed by atoms with Gasteiger partial charge in [0.25, 0.3) is 0 Å². The van der Waals surface area contributed by atoms with Gasteiger partial charge < -0.3 is 4.74 Å².